The number of fused-ring (bicyclic) bond motifs is 1. The van der Waals surface area contributed by atoms with Crippen molar-refractivity contribution in [3.8, 4) is 0 Å². The summed E-state index contributed by atoms with van der Waals surface area (Å²) in [5, 5.41) is 3.61. The molecule has 202 valence electrons. The highest BCUT2D eigenvalue weighted by Crippen LogP contribution is 2.40. The van der Waals surface area contributed by atoms with Gasteiger partial charge in [-0.15, -0.1) is 0 Å². The molecule has 2 aromatic carbocycles. The Hall–Kier alpha value is -2.97. The standard InChI is InChI=1S/C29H34ClFN4O3/c1-18-26(27(36)29(38)35-13-11-33(2)12-14-35)23-16-22(24(30)17-25(23)32-18)28(37)34-9-7-20(8-10-34)15-19-3-5-21(31)6-4-19/h3-6,16-18,20,26,32H,7-15H2,1-2H3. The van der Waals surface area contributed by atoms with Crippen LogP contribution in [0.15, 0.2) is 36.4 Å². The molecule has 0 bridgehead atoms. The van der Waals surface area contributed by atoms with E-state index in [0.717, 1.165) is 37.9 Å². The van der Waals surface area contributed by atoms with Crippen LogP contribution in [-0.4, -0.2) is 84.7 Å². The number of nitrogens with zero attached hydrogens (tertiary/aromatic N) is 3. The average Bonchev–Trinajstić information content (AvgIpc) is 3.23. The van der Waals surface area contributed by atoms with Gasteiger partial charge in [0.05, 0.1) is 16.5 Å². The lowest BCUT2D eigenvalue weighted by Gasteiger charge is -2.33. The highest BCUT2D eigenvalue weighted by Gasteiger charge is 2.41. The molecule has 0 aromatic heterocycles. The Bertz CT molecular complexity index is 1220. The number of benzene rings is 2. The summed E-state index contributed by atoms with van der Waals surface area (Å²) in [5.74, 6) is -1.55. The molecule has 0 radical (unpaired) electrons. The lowest BCUT2D eigenvalue weighted by molar-refractivity contribution is -0.146. The maximum Gasteiger partial charge on any atom is 0.290 e. The largest absolute Gasteiger partial charge is 0.381 e. The quantitative estimate of drug-likeness (QED) is 0.584. The summed E-state index contributed by atoms with van der Waals surface area (Å²) in [6, 6.07) is 9.73. The van der Waals surface area contributed by atoms with Crippen molar-refractivity contribution in [2.24, 2.45) is 5.92 Å². The van der Waals surface area contributed by atoms with Crippen LogP contribution >= 0.6 is 11.6 Å². The monoisotopic (exact) mass is 540 g/mol. The Morgan fingerprint density at radius 1 is 0.974 bits per heavy atom. The Kier molecular flexibility index (Phi) is 7.73. The van der Waals surface area contributed by atoms with Crippen LogP contribution in [0, 0.1) is 11.7 Å². The van der Waals surface area contributed by atoms with Crippen molar-refractivity contribution >= 4 is 34.9 Å². The number of rotatable bonds is 5. The SMILES string of the molecule is CC1Nc2cc(Cl)c(C(=O)N3CCC(Cc4ccc(F)cc4)CC3)cc2C1C(=O)C(=O)N1CCN(C)CC1. The lowest BCUT2D eigenvalue weighted by Crippen LogP contribution is -2.50. The molecule has 0 spiro atoms. The van der Waals surface area contributed by atoms with Gasteiger partial charge in [-0.2, -0.15) is 0 Å². The molecule has 2 saturated heterocycles. The van der Waals surface area contributed by atoms with Crippen molar-refractivity contribution in [2.75, 3.05) is 51.6 Å². The molecule has 2 aromatic rings. The minimum atomic E-state index is -0.664. The first-order valence-corrected chi connectivity index (χ1v) is 13.7. The van der Waals surface area contributed by atoms with Crippen molar-refractivity contribution in [3.05, 3.63) is 63.9 Å². The van der Waals surface area contributed by atoms with Gasteiger partial charge in [-0.3, -0.25) is 14.4 Å². The highest BCUT2D eigenvalue weighted by molar-refractivity contribution is 6.39. The van der Waals surface area contributed by atoms with Gasteiger partial charge in [0, 0.05) is 51.0 Å². The zero-order chi connectivity index (χ0) is 27.0. The van der Waals surface area contributed by atoms with E-state index in [1.165, 1.54) is 12.1 Å². The second-order valence-electron chi connectivity index (χ2n) is 10.9. The van der Waals surface area contributed by atoms with E-state index in [9.17, 15) is 18.8 Å². The average molecular weight is 541 g/mol. The molecule has 9 heteroatoms. The molecule has 0 aliphatic carbocycles. The lowest BCUT2D eigenvalue weighted by atomic mass is 9.88. The Morgan fingerprint density at radius 3 is 2.29 bits per heavy atom. The minimum Gasteiger partial charge on any atom is -0.381 e. The topological polar surface area (TPSA) is 73.0 Å². The van der Waals surface area contributed by atoms with E-state index in [0.29, 0.717) is 53.9 Å². The second kappa shape index (κ2) is 11.0. The van der Waals surface area contributed by atoms with E-state index >= 15 is 0 Å². The van der Waals surface area contributed by atoms with Crippen LogP contribution in [0.2, 0.25) is 5.02 Å². The summed E-state index contributed by atoms with van der Waals surface area (Å²) in [6.45, 7) is 5.63. The van der Waals surface area contributed by atoms with E-state index in [-0.39, 0.29) is 17.8 Å². The van der Waals surface area contributed by atoms with Crippen molar-refractivity contribution in [1.82, 2.24) is 14.7 Å². The number of carbonyl (C=O) groups is 3. The number of anilines is 1. The van der Waals surface area contributed by atoms with Gasteiger partial charge < -0.3 is 20.0 Å². The van der Waals surface area contributed by atoms with Crippen LogP contribution in [0.4, 0.5) is 10.1 Å². The maximum atomic E-state index is 13.5. The molecular formula is C29H34ClFN4O3. The van der Waals surface area contributed by atoms with E-state index < -0.39 is 17.6 Å². The predicted molar refractivity (Wildman–Crippen MR) is 145 cm³/mol. The number of piperazine rings is 1. The fourth-order valence-corrected chi connectivity index (χ4v) is 6.11. The van der Waals surface area contributed by atoms with Crippen LogP contribution in [0.1, 0.15) is 47.2 Å². The molecule has 7 nitrogen and oxygen atoms in total. The summed E-state index contributed by atoms with van der Waals surface area (Å²) >= 11 is 6.56. The number of likely N-dealkylation sites (N-methyl/N-ethyl adjacent to an activating group) is 1. The molecule has 3 aliphatic heterocycles. The van der Waals surface area contributed by atoms with Gasteiger partial charge in [0.2, 0.25) is 5.78 Å². The number of likely N-dealkylation sites (tertiary alicyclic amines) is 1. The molecule has 2 unspecified atom stereocenters. The number of Topliss-reactive ketones (excluding diaryl/α,β-unsaturated/α-hetero) is 1. The predicted octanol–water partition coefficient (Wildman–Crippen LogP) is 3.81. The van der Waals surface area contributed by atoms with E-state index in [2.05, 4.69) is 10.2 Å². The zero-order valence-corrected chi connectivity index (χ0v) is 22.6. The van der Waals surface area contributed by atoms with E-state index in [1.54, 1.807) is 17.0 Å². The Balaban J connectivity index is 1.27. The molecular weight excluding hydrogens is 507 g/mol. The number of hydrogen-bond donors (Lipinski definition) is 1. The van der Waals surface area contributed by atoms with Crippen LogP contribution in [-0.2, 0) is 16.0 Å². The zero-order valence-electron chi connectivity index (χ0n) is 21.9. The Morgan fingerprint density at radius 2 is 1.63 bits per heavy atom. The molecule has 2 amide bonds. The number of halogens is 2. The van der Waals surface area contributed by atoms with Gasteiger partial charge in [-0.1, -0.05) is 23.7 Å². The first kappa shape index (κ1) is 26.6. The van der Waals surface area contributed by atoms with Crippen molar-refractivity contribution < 1.29 is 18.8 Å². The maximum absolute atomic E-state index is 13.5. The van der Waals surface area contributed by atoms with Gasteiger partial charge >= 0.3 is 0 Å². The van der Waals surface area contributed by atoms with Crippen LogP contribution in [0.25, 0.3) is 0 Å². The molecule has 3 aliphatic rings. The smallest absolute Gasteiger partial charge is 0.290 e. The highest BCUT2D eigenvalue weighted by atomic mass is 35.5. The summed E-state index contributed by atoms with van der Waals surface area (Å²) < 4.78 is 13.2. The first-order valence-electron chi connectivity index (χ1n) is 13.4. The molecule has 2 atom stereocenters. The minimum absolute atomic E-state index is 0.158. The molecule has 2 fully saturated rings. The van der Waals surface area contributed by atoms with E-state index in [4.69, 9.17) is 11.6 Å². The number of carbonyl (C=O) groups excluding carboxylic acids is 3. The van der Waals surface area contributed by atoms with Gasteiger partial charge in [-0.05, 0) is 74.5 Å². The summed E-state index contributed by atoms with van der Waals surface area (Å²) in [6.07, 6.45) is 2.56. The van der Waals surface area contributed by atoms with Crippen LogP contribution < -0.4 is 5.32 Å². The summed E-state index contributed by atoms with van der Waals surface area (Å²) in [4.78, 5) is 45.5. The third-order valence-electron chi connectivity index (χ3n) is 8.21. The summed E-state index contributed by atoms with van der Waals surface area (Å²) in [5.41, 5.74) is 2.81. The number of hydrogen-bond acceptors (Lipinski definition) is 5. The number of ketones is 1. The Labute approximate surface area is 227 Å². The van der Waals surface area contributed by atoms with Crippen LogP contribution in [0.3, 0.4) is 0 Å². The fraction of sp³-hybridized carbons (Fsp3) is 0.483. The van der Waals surface area contributed by atoms with Crippen molar-refractivity contribution in [3.63, 3.8) is 0 Å². The molecule has 5 rings (SSSR count). The van der Waals surface area contributed by atoms with Crippen molar-refractivity contribution in [2.45, 2.75) is 38.1 Å². The first-order chi connectivity index (χ1) is 18.2. The molecule has 1 N–H and O–H groups in total. The third-order valence-corrected chi connectivity index (χ3v) is 8.52. The number of piperidine rings is 1. The normalized spacial score (nSPS) is 22.2. The van der Waals surface area contributed by atoms with Gasteiger partial charge in [0.15, 0.2) is 0 Å². The number of nitrogens with one attached hydrogen (secondary N) is 1. The van der Waals surface area contributed by atoms with Gasteiger partial charge in [0.1, 0.15) is 5.82 Å². The van der Waals surface area contributed by atoms with Crippen LogP contribution in [0.5, 0.6) is 0 Å². The third kappa shape index (κ3) is 5.43. The van der Waals surface area contributed by atoms with Gasteiger partial charge in [-0.25, -0.2) is 4.39 Å². The molecule has 38 heavy (non-hydrogen) atoms. The van der Waals surface area contributed by atoms with E-state index in [1.807, 2.05) is 31.0 Å². The summed E-state index contributed by atoms with van der Waals surface area (Å²) in [7, 11) is 2.00. The van der Waals surface area contributed by atoms with Crippen molar-refractivity contribution in [1.29, 1.82) is 0 Å². The van der Waals surface area contributed by atoms with Gasteiger partial charge in [0.25, 0.3) is 11.8 Å². The molecule has 0 saturated carbocycles. The second-order valence-corrected chi connectivity index (χ2v) is 11.3. The fourth-order valence-electron chi connectivity index (χ4n) is 5.87. The number of amides is 2. The molecule has 3 heterocycles.